The molecule has 0 radical (unpaired) electrons. The number of benzene rings is 1. The number of hydrogen-bond donors (Lipinski definition) is 1. The highest BCUT2D eigenvalue weighted by molar-refractivity contribution is 7.80. The number of nitrogens with zero attached hydrogens (tertiary/aromatic N) is 2. The molecule has 5 nitrogen and oxygen atoms in total. The minimum Gasteiger partial charge on any atom is -0.486 e. The van der Waals surface area contributed by atoms with Crippen LogP contribution in [0.3, 0.4) is 0 Å². The Hall–Kier alpha value is -1.82. The van der Waals surface area contributed by atoms with Crippen molar-refractivity contribution in [3.8, 4) is 11.5 Å². The minimum atomic E-state index is 0.520. The largest absolute Gasteiger partial charge is 0.486 e. The molecule has 1 aliphatic heterocycles. The van der Waals surface area contributed by atoms with Gasteiger partial charge in [0.05, 0.1) is 16.0 Å². The van der Waals surface area contributed by atoms with Crippen LogP contribution in [-0.4, -0.2) is 27.8 Å². The van der Waals surface area contributed by atoms with Gasteiger partial charge in [0, 0.05) is 31.5 Å². The van der Waals surface area contributed by atoms with Gasteiger partial charge in [0.1, 0.15) is 19.0 Å². The molecule has 2 aromatic rings. The second-order valence-electron chi connectivity index (χ2n) is 4.73. The molecule has 106 valence electrons. The van der Waals surface area contributed by atoms with E-state index in [4.69, 9.17) is 27.4 Å². The van der Waals surface area contributed by atoms with Gasteiger partial charge in [-0.3, -0.25) is 0 Å². The Kier molecular flexibility index (Phi) is 3.48. The van der Waals surface area contributed by atoms with E-state index in [-0.39, 0.29) is 0 Å². The van der Waals surface area contributed by atoms with Crippen LogP contribution in [0.1, 0.15) is 19.2 Å². The molecule has 2 N–H and O–H groups in total. The first-order valence-corrected chi connectivity index (χ1v) is 7.17. The van der Waals surface area contributed by atoms with Gasteiger partial charge in [-0.15, -0.1) is 0 Å². The third-order valence-corrected chi connectivity index (χ3v) is 3.59. The van der Waals surface area contributed by atoms with E-state index < -0.39 is 0 Å². The molecule has 0 fully saturated rings. The Morgan fingerprint density at radius 2 is 2.05 bits per heavy atom. The van der Waals surface area contributed by atoms with Crippen LogP contribution in [0.5, 0.6) is 11.5 Å². The first-order valence-electron chi connectivity index (χ1n) is 6.76. The zero-order chi connectivity index (χ0) is 14.1. The first kappa shape index (κ1) is 13.2. The number of ether oxygens (including phenoxy) is 2. The lowest BCUT2D eigenvalue weighted by Gasteiger charge is -2.18. The minimum absolute atomic E-state index is 0.520. The summed E-state index contributed by atoms with van der Waals surface area (Å²) in [6, 6.07) is 3.94. The van der Waals surface area contributed by atoms with Gasteiger partial charge in [-0.25, -0.2) is 4.98 Å². The van der Waals surface area contributed by atoms with E-state index in [1.165, 1.54) is 0 Å². The summed E-state index contributed by atoms with van der Waals surface area (Å²) >= 11 is 4.97. The summed E-state index contributed by atoms with van der Waals surface area (Å²) in [5.74, 6) is 2.58. The van der Waals surface area contributed by atoms with E-state index in [9.17, 15) is 0 Å². The molecule has 0 aliphatic carbocycles. The Morgan fingerprint density at radius 3 is 2.70 bits per heavy atom. The first-order chi connectivity index (χ1) is 9.69. The predicted octanol–water partition coefficient (Wildman–Crippen LogP) is 2.05. The van der Waals surface area contributed by atoms with Crippen molar-refractivity contribution >= 4 is 28.2 Å². The number of aryl methyl sites for hydroxylation is 2. The standard InChI is InChI=1S/C14H17N3O2S/c1-2-14-16-9-7-11-12(19-6-5-18-11)8-10(9)17(14)4-3-13(15)20/h7-8H,2-6H2,1H3,(H2,15,20). The second-order valence-corrected chi connectivity index (χ2v) is 5.26. The van der Waals surface area contributed by atoms with Gasteiger partial charge >= 0.3 is 0 Å². The van der Waals surface area contributed by atoms with Crippen LogP contribution in [0.25, 0.3) is 11.0 Å². The molecule has 0 saturated heterocycles. The predicted molar refractivity (Wildman–Crippen MR) is 81.5 cm³/mol. The average Bonchev–Trinajstić information content (AvgIpc) is 2.79. The van der Waals surface area contributed by atoms with E-state index >= 15 is 0 Å². The Balaban J connectivity index is 2.08. The molecule has 3 rings (SSSR count). The molecule has 0 bridgehead atoms. The third kappa shape index (κ3) is 2.31. The van der Waals surface area contributed by atoms with Gasteiger partial charge < -0.3 is 19.8 Å². The number of thiocarbonyl (C=S) groups is 1. The maximum Gasteiger partial charge on any atom is 0.163 e. The molecule has 0 spiro atoms. The number of aromatic nitrogens is 2. The lowest BCUT2D eigenvalue weighted by atomic mass is 10.2. The van der Waals surface area contributed by atoms with Crippen molar-refractivity contribution in [2.75, 3.05) is 13.2 Å². The molecule has 0 unspecified atom stereocenters. The summed E-state index contributed by atoms with van der Waals surface area (Å²) in [6.45, 7) is 4.00. The fourth-order valence-corrected chi connectivity index (χ4v) is 2.54. The van der Waals surface area contributed by atoms with E-state index in [2.05, 4.69) is 16.5 Å². The Morgan fingerprint density at radius 1 is 1.35 bits per heavy atom. The highest BCUT2D eigenvalue weighted by Gasteiger charge is 2.17. The van der Waals surface area contributed by atoms with E-state index in [0.717, 1.165) is 41.3 Å². The Bertz CT molecular complexity index is 666. The summed E-state index contributed by atoms with van der Waals surface area (Å²) in [4.78, 5) is 5.18. The summed E-state index contributed by atoms with van der Waals surface area (Å²) < 4.78 is 13.4. The fourth-order valence-electron chi connectivity index (χ4n) is 2.45. The van der Waals surface area contributed by atoms with E-state index in [1.54, 1.807) is 0 Å². The van der Waals surface area contributed by atoms with Crippen LogP contribution >= 0.6 is 12.2 Å². The number of rotatable bonds is 4. The van der Waals surface area contributed by atoms with Crippen molar-refractivity contribution in [2.45, 2.75) is 26.3 Å². The van der Waals surface area contributed by atoms with Crippen molar-refractivity contribution in [1.29, 1.82) is 0 Å². The maximum absolute atomic E-state index is 5.64. The fraction of sp³-hybridized carbons (Fsp3) is 0.429. The Labute approximate surface area is 122 Å². The quantitative estimate of drug-likeness (QED) is 0.874. The second kappa shape index (κ2) is 5.28. The van der Waals surface area contributed by atoms with Gasteiger partial charge in [0.15, 0.2) is 11.5 Å². The highest BCUT2D eigenvalue weighted by atomic mass is 32.1. The molecule has 6 heteroatoms. The van der Waals surface area contributed by atoms with Crippen LogP contribution in [0, 0.1) is 0 Å². The number of fused-ring (bicyclic) bond motifs is 2. The lowest BCUT2D eigenvalue weighted by Crippen LogP contribution is -2.15. The third-order valence-electron chi connectivity index (χ3n) is 3.39. The molecule has 2 heterocycles. The molecular formula is C14H17N3O2S. The van der Waals surface area contributed by atoms with Gasteiger partial charge in [-0.1, -0.05) is 19.1 Å². The summed E-state index contributed by atoms with van der Waals surface area (Å²) in [5, 5.41) is 0. The topological polar surface area (TPSA) is 62.3 Å². The summed E-state index contributed by atoms with van der Waals surface area (Å²) in [7, 11) is 0. The smallest absolute Gasteiger partial charge is 0.163 e. The van der Waals surface area contributed by atoms with Crippen molar-refractivity contribution in [2.24, 2.45) is 5.73 Å². The number of hydrogen-bond acceptors (Lipinski definition) is 4. The molecule has 0 saturated carbocycles. The molecule has 1 aromatic carbocycles. The maximum atomic E-state index is 5.64. The molecule has 0 amide bonds. The number of imidazole rings is 1. The van der Waals surface area contributed by atoms with Gasteiger partial charge in [-0.05, 0) is 0 Å². The molecule has 0 atom stereocenters. The van der Waals surface area contributed by atoms with Crippen molar-refractivity contribution in [1.82, 2.24) is 9.55 Å². The van der Waals surface area contributed by atoms with Crippen LogP contribution in [-0.2, 0) is 13.0 Å². The summed E-state index contributed by atoms with van der Waals surface area (Å²) in [5.41, 5.74) is 7.58. The van der Waals surface area contributed by atoms with Gasteiger partial charge in [-0.2, -0.15) is 0 Å². The highest BCUT2D eigenvalue weighted by Crippen LogP contribution is 2.34. The van der Waals surface area contributed by atoms with Gasteiger partial charge in [0.2, 0.25) is 0 Å². The zero-order valence-corrected chi connectivity index (χ0v) is 12.2. The monoisotopic (exact) mass is 291 g/mol. The van der Waals surface area contributed by atoms with Crippen LogP contribution in [0.4, 0.5) is 0 Å². The van der Waals surface area contributed by atoms with Crippen LogP contribution in [0.2, 0.25) is 0 Å². The van der Waals surface area contributed by atoms with Crippen molar-refractivity contribution in [3.05, 3.63) is 18.0 Å². The van der Waals surface area contributed by atoms with E-state index in [0.29, 0.717) is 24.6 Å². The van der Waals surface area contributed by atoms with Crippen LogP contribution in [0.15, 0.2) is 12.1 Å². The lowest BCUT2D eigenvalue weighted by molar-refractivity contribution is 0.172. The normalized spacial score (nSPS) is 13.7. The SMILES string of the molecule is CCc1nc2cc3c(cc2n1CCC(N)=S)OCCO3. The molecule has 1 aliphatic rings. The van der Waals surface area contributed by atoms with Crippen LogP contribution < -0.4 is 15.2 Å². The molecule has 20 heavy (non-hydrogen) atoms. The molecular weight excluding hydrogens is 274 g/mol. The van der Waals surface area contributed by atoms with Gasteiger partial charge in [0.25, 0.3) is 0 Å². The van der Waals surface area contributed by atoms with Crippen molar-refractivity contribution < 1.29 is 9.47 Å². The zero-order valence-electron chi connectivity index (χ0n) is 11.4. The summed E-state index contributed by atoms with van der Waals surface area (Å²) in [6.07, 6.45) is 1.53. The molecule has 1 aromatic heterocycles. The van der Waals surface area contributed by atoms with Crippen molar-refractivity contribution in [3.63, 3.8) is 0 Å². The average molecular weight is 291 g/mol. The number of nitrogens with two attached hydrogens (primary N) is 1. The van der Waals surface area contributed by atoms with E-state index in [1.807, 2.05) is 12.1 Å².